The molecular weight excluding hydrogens is 832 g/mol. The van der Waals surface area contributed by atoms with Crippen LogP contribution in [-0.2, 0) is 27.9 Å². The van der Waals surface area contributed by atoms with Crippen molar-refractivity contribution in [2.24, 2.45) is 0 Å². The first-order valence-electron chi connectivity index (χ1n) is 26.3. The summed E-state index contributed by atoms with van der Waals surface area (Å²) >= 11 is 0. The molecule has 0 aliphatic heterocycles. The van der Waals surface area contributed by atoms with Crippen LogP contribution in [0.2, 0.25) is 0 Å². The normalized spacial score (nSPS) is 14.5. The Labute approximate surface area is 400 Å². The number of phosphoric ester groups is 1. The monoisotopic (exact) mass is 931 g/mol. The van der Waals surface area contributed by atoms with E-state index in [9.17, 15) is 19.0 Å². The molecule has 3 unspecified atom stereocenters. The number of carbonyl (C=O) groups excluding carboxylic acids is 2. The Hall–Kier alpha value is -2.55. The first-order valence-corrected chi connectivity index (χ1v) is 27.7. The third-order valence-corrected chi connectivity index (χ3v) is 12.2. The number of phosphoric acid groups is 1. The SMILES string of the molecule is CC/C=C/C=C/C=C\CCCCCCCC(=O)NC(COP(=O)([O-])OCC[N+](C)(C)C)C(/C=C/CCCCCCCCCCCC)OC(=O)CCCCCCCCC/C=C/C/C=C/CC. The van der Waals surface area contributed by atoms with Gasteiger partial charge in [0.25, 0.3) is 7.82 Å². The van der Waals surface area contributed by atoms with E-state index < -0.39 is 26.6 Å². The van der Waals surface area contributed by atoms with Gasteiger partial charge in [-0.25, -0.2) is 0 Å². The minimum Gasteiger partial charge on any atom is -0.756 e. The van der Waals surface area contributed by atoms with Gasteiger partial charge in [0, 0.05) is 12.8 Å². The smallest absolute Gasteiger partial charge is 0.306 e. The van der Waals surface area contributed by atoms with Crippen molar-refractivity contribution in [1.82, 2.24) is 5.32 Å². The average molecular weight is 931 g/mol. The number of hydrogen-bond donors (Lipinski definition) is 1. The molecule has 0 bridgehead atoms. The molecule has 0 saturated heterocycles. The molecule has 0 spiro atoms. The number of ether oxygens (including phenoxy) is 1. The molecule has 10 heteroatoms. The molecule has 0 rings (SSSR count). The zero-order valence-electron chi connectivity index (χ0n) is 42.7. The van der Waals surface area contributed by atoms with Crippen molar-refractivity contribution >= 4 is 19.7 Å². The lowest BCUT2D eigenvalue weighted by Crippen LogP contribution is -2.47. The highest BCUT2D eigenvalue weighted by Gasteiger charge is 2.27. The van der Waals surface area contributed by atoms with Crippen LogP contribution in [-0.4, -0.2) is 69.4 Å². The van der Waals surface area contributed by atoms with E-state index in [4.69, 9.17) is 13.8 Å². The molecule has 0 aliphatic rings. The maximum atomic E-state index is 13.4. The van der Waals surface area contributed by atoms with Gasteiger partial charge in [-0.15, -0.1) is 0 Å². The summed E-state index contributed by atoms with van der Waals surface area (Å²) in [5.41, 5.74) is 0. The molecule has 3 atom stereocenters. The number of carbonyl (C=O) groups is 2. The van der Waals surface area contributed by atoms with Crippen LogP contribution in [0.15, 0.2) is 72.9 Å². The molecule has 1 N–H and O–H groups in total. The number of esters is 1. The number of nitrogens with one attached hydrogen (secondary N) is 1. The van der Waals surface area contributed by atoms with Gasteiger partial charge in [-0.2, -0.15) is 0 Å². The summed E-state index contributed by atoms with van der Waals surface area (Å²) in [5.74, 6) is -0.580. The second-order valence-corrected chi connectivity index (χ2v) is 20.1. The lowest BCUT2D eigenvalue weighted by molar-refractivity contribution is -0.870. The van der Waals surface area contributed by atoms with Crippen molar-refractivity contribution in [3.63, 3.8) is 0 Å². The maximum absolute atomic E-state index is 13.4. The second kappa shape index (κ2) is 45.2. The summed E-state index contributed by atoms with van der Waals surface area (Å²) in [4.78, 5) is 39.7. The standard InChI is InChI=1S/C55H99N2O7P/c1-7-10-13-16-19-22-25-28-30-33-36-39-42-45-48-55(59)64-53(46-43-40-37-34-31-27-24-21-18-15-12-9-3)52(51-63-65(60,61)62-50-49-57(4,5)6)56-54(58)47-44-41-38-35-32-29-26-23-20-17-14-11-8-2/h10-11,13-14,17,19-20,22-23,26,43,46,52-53H,7-9,12,15-16,18,21,24-25,27-42,44-45,47-51H2,1-6H3,(H-,56,58,60,61)/b13-10+,14-11+,20-17+,22-19+,26-23-,46-43+. The molecule has 0 aromatic rings. The Morgan fingerprint density at radius 2 is 1.06 bits per heavy atom. The maximum Gasteiger partial charge on any atom is 0.306 e. The van der Waals surface area contributed by atoms with Gasteiger partial charge in [0.15, 0.2) is 0 Å². The van der Waals surface area contributed by atoms with Gasteiger partial charge >= 0.3 is 5.97 Å². The summed E-state index contributed by atoms with van der Waals surface area (Å²) in [5, 5.41) is 2.99. The van der Waals surface area contributed by atoms with Gasteiger partial charge in [-0.1, -0.05) is 197 Å². The van der Waals surface area contributed by atoms with E-state index in [1.54, 1.807) is 0 Å². The fourth-order valence-electron chi connectivity index (χ4n) is 7.15. The predicted octanol–water partition coefficient (Wildman–Crippen LogP) is 14.7. The summed E-state index contributed by atoms with van der Waals surface area (Å²) in [7, 11) is 1.15. The van der Waals surface area contributed by atoms with Gasteiger partial charge in [0.1, 0.15) is 19.3 Å². The minimum atomic E-state index is -4.70. The first-order chi connectivity index (χ1) is 31.4. The summed E-state index contributed by atoms with van der Waals surface area (Å²) in [6, 6.07) is -0.902. The molecule has 0 saturated carbocycles. The Morgan fingerprint density at radius 1 is 0.569 bits per heavy atom. The third-order valence-electron chi connectivity index (χ3n) is 11.2. The minimum absolute atomic E-state index is 0.0308. The van der Waals surface area contributed by atoms with Crippen molar-refractivity contribution in [3.8, 4) is 0 Å². The van der Waals surface area contributed by atoms with E-state index in [0.717, 1.165) is 103 Å². The van der Waals surface area contributed by atoms with Gasteiger partial charge in [-0.05, 0) is 76.7 Å². The fourth-order valence-corrected chi connectivity index (χ4v) is 7.87. The van der Waals surface area contributed by atoms with Crippen LogP contribution in [0.3, 0.4) is 0 Å². The summed E-state index contributed by atoms with van der Waals surface area (Å²) < 4.78 is 30.1. The van der Waals surface area contributed by atoms with Crippen molar-refractivity contribution in [1.29, 1.82) is 0 Å². The number of allylic oxidation sites excluding steroid dienone is 11. The van der Waals surface area contributed by atoms with Crippen LogP contribution in [0.25, 0.3) is 0 Å². The quantitative estimate of drug-likeness (QED) is 0.0161. The highest BCUT2D eigenvalue weighted by atomic mass is 31.2. The molecule has 0 heterocycles. The zero-order chi connectivity index (χ0) is 48.0. The lowest BCUT2D eigenvalue weighted by Gasteiger charge is -2.30. The van der Waals surface area contributed by atoms with Crippen LogP contribution in [0.4, 0.5) is 0 Å². The van der Waals surface area contributed by atoms with Crippen LogP contribution >= 0.6 is 7.82 Å². The number of quaternary nitrogens is 1. The Kier molecular flexibility index (Phi) is 43.5. The van der Waals surface area contributed by atoms with E-state index in [1.807, 2.05) is 39.4 Å². The van der Waals surface area contributed by atoms with Crippen LogP contribution in [0.1, 0.15) is 213 Å². The molecule has 65 heavy (non-hydrogen) atoms. The number of amides is 1. The summed E-state index contributed by atoms with van der Waals surface area (Å²) in [6.07, 6.45) is 55.8. The van der Waals surface area contributed by atoms with E-state index in [0.29, 0.717) is 17.4 Å². The second-order valence-electron chi connectivity index (χ2n) is 18.7. The van der Waals surface area contributed by atoms with Gasteiger partial charge < -0.3 is 28.5 Å². The van der Waals surface area contributed by atoms with Gasteiger partial charge in [0.05, 0.1) is 33.8 Å². The third kappa shape index (κ3) is 46.4. The molecule has 9 nitrogen and oxygen atoms in total. The number of likely N-dealkylation sites (N-methyl/N-ethyl adjacent to an activating group) is 1. The van der Waals surface area contributed by atoms with E-state index >= 15 is 0 Å². The highest BCUT2D eigenvalue weighted by Crippen LogP contribution is 2.38. The van der Waals surface area contributed by atoms with Crippen molar-refractivity contribution in [3.05, 3.63) is 72.9 Å². The zero-order valence-corrected chi connectivity index (χ0v) is 43.6. The molecule has 1 amide bonds. The highest BCUT2D eigenvalue weighted by molar-refractivity contribution is 7.45. The van der Waals surface area contributed by atoms with Crippen LogP contribution < -0.4 is 10.2 Å². The Bertz CT molecular complexity index is 1350. The fraction of sp³-hybridized carbons (Fsp3) is 0.745. The molecular formula is C55H99N2O7P. The van der Waals surface area contributed by atoms with Crippen LogP contribution in [0, 0.1) is 0 Å². The number of nitrogens with zero attached hydrogens (tertiary/aromatic N) is 1. The van der Waals surface area contributed by atoms with E-state index in [2.05, 4.69) is 80.8 Å². The van der Waals surface area contributed by atoms with E-state index in [-0.39, 0.29) is 31.3 Å². The predicted molar refractivity (Wildman–Crippen MR) is 275 cm³/mol. The Balaban J connectivity index is 5.47. The molecule has 0 aromatic carbocycles. The van der Waals surface area contributed by atoms with Gasteiger partial charge in [0.2, 0.25) is 5.91 Å². The number of hydrogen-bond acceptors (Lipinski definition) is 7. The largest absolute Gasteiger partial charge is 0.756 e. The molecule has 0 aliphatic carbocycles. The number of rotatable bonds is 46. The molecule has 0 radical (unpaired) electrons. The number of unbranched alkanes of at least 4 members (excludes halogenated alkanes) is 22. The average Bonchev–Trinajstić information content (AvgIpc) is 3.26. The summed E-state index contributed by atoms with van der Waals surface area (Å²) in [6.45, 7) is 6.56. The Morgan fingerprint density at radius 3 is 1.63 bits per heavy atom. The molecule has 0 aromatic heterocycles. The van der Waals surface area contributed by atoms with Crippen molar-refractivity contribution in [2.75, 3.05) is 40.9 Å². The van der Waals surface area contributed by atoms with E-state index in [1.165, 1.54) is 70.6 Å². The molecule has 0 fully saturated rings. The topological polar surface area (TPSA) is 114 Å². The molecule has 376 valence electrons. The van der Waals surface area contributed by atoms with Crippen molar-refractivity contribution in [2.45, 2.75) is 226 Å². The van der Waals surface area contributed by atoms with Crippen molar-refractivity contribution < 1.29 is 37.3 Å². The lowest BCUT2D eigenvalue weighted by atomic mass is 10.0. The first kappa shape index (κ1) is 62.4. The van der Waals surface area contributed by atoms with Crippen LogP contribution in [0.5, 0.6) is 0 Å². The van der Waals surface area contributed by atoms with Gasteiger partial charge in [-0.3, -0.25) is 14.2 Å².